The Morgan fingerprint density at radius 3 is 0.810 bits per heavy atom. The van der Waals surface area contributed by atoms with Crippen molar-refractivity contribution in [2.24, 2.45) is 0 Å². The van der Waals surface area contributed by atoms with Crippen LogP contribution >= 0.6 is 0 Å². The average molecular weight is 1540 g/mol. The fourth-order valence-corrected chi connectivity index (χ4v) is 19.4. The zero-order valence-electron chi connectivity index (χ0n) is 67.0. The lowest BCUT2D eigenvalue weighted by Crippen LogP contribution is -2.16. The maximum atomic E-state index is 2.45. The molecule has 0 saturated heterocycles. The number of para-hydroxylation sites is 2. The molecule has 4 heteroatoms. The Morgan fingerprint density at radius 1 is 0.165 bits per heavy atom. The van der Waals surface area contributed by atoms with Crippen LogP contribution in [0.3, 0.4) is 0 Å². The van der Waals surface area contributed by atoms with Crippen LogP contribution in [0.2, 0.25) is 0 Å². The molecule has 0 fully saturated rings. The van der Waals surface area contributed by atoms with Gasteiger partial charge in [0, 0.05) is 72.5 Å². The maximum Gasteiger partial charge on any atom is 0.0541 e. The quantitative estimate of drug-likeness (QED) is 0.0951. The maximum absolute atomic E-state index is 2.45. The van der Waals surface area contributed by atoms with Gasteiger partial charge in [0.05, 0.1) is 22.1 Å². The lowest BCUT2D eigenvalue weighted by Gasteiger charge is -2.28. The second kappa shape index (κ2) is 28.9. The first-order valence-corrected chi connectivity index (χ1v) is 41.9. The van der Waals surface area contributed by atoms with Gasteiger partial charge in [0.15, 0.2) is 0 Å². The largest absolute Gasteiger partial charge is 0.310 e. The van der Waals surface area contributed by atoms with Crippen molar-refractivity contribution in [1.29, 1.82) is 0 Å². The molecule has 0 unspecified atom stereocenters. The molecule has 23 rings (SSSR count). The number of aromatic nitrogens is 2. The first kappa shape index (κ1) is 70.8. The first-order valence-electron chi connectivity index (χ1n) is 41.9. The molecule has 20 aromatic carbocycles. The molecule has 0 spiro atoms. The van der Waals surface area contributed by atoms with Crippen molar-refractivity contribution in [2.75, 3.05) is 9.80 Å². The van der Waals surface area contributed by atoms with Gasteiger partial charge >= 0.3 is 0 Å². The second-order valence-corrected chi connectivity index (χ2v) is 32.7. The Hall–Kier alpha value is -15.6. The van der Waals surface area contributed by atoms with E-state index >= 15 is 0 Å². The van der Waals surface area contributed by atoms with Crippen molar-refractivity contribution < 1.29 is 0 Å². The highest BCUT2D eigenvalue weighted by molar-refractivity contribution is 6.26. The van der Waals surface area contributed by atoms with E-state index in [-0.39, 0.29) is 5.41 Å². The molecule has 1 aliphatic rings. The highest BCUT2D eigenvalue weighted by Gasteiger charge is 2.37. The van der Waals surface area contributed by atoms with Gasteiger partial charge in [-0.25, -0.2) is 0 Å². The fraction of sp³-hybridized carbons (Fsp3) is 0.0256. The van der Waals surface area contributed by atoms with E-state index in [9.17, 15) is 0 Å². The summed E-state index contributed by atoms with van der Waals surface area (Å²) in [5, 5.41) is 12.4. The van der Waals surface area contributed by atoms with Crippen LogP contribution in [0.1, 0.15) is 25.0 Å². The number of fused-ring (bicyclic) bond motifs is 15. The number of hydrogen-bond donors (Lipinski definition) is 0. The van der Waals surface area contributed by atoms with E-state index in [1.54, 1.807) is 0 Å². The molecule has 1 aliphatic carbocycles. The minimum atomic E-state index is -0.292. The Morgan fingerprint density at radius 2 is 0.413 bits per heavy atom. The van der Waals surface area contributed by atoms with Gasteiger partial charge in [-0.1, -0.05) is 323 Å². The lowest BCUT2D eigenvalue weighted by molar-refractivity contribution is 0.660. The highest BCUT2D eigenvalue weighted by atomic mass is 15.1. The van der Waals surface area contributed by atoms with Gasteiger partial charge in [-0.05, 0) is 272 Å². The lowest BCUT2D eigenvalue weighted by atomic mass is 9.81. The van der Waals surface area contributed by atoms with Crippen molar-refractivity contribution in [1.82, 2.24) is 9.13 Å². The summed E-state index contributed by atoms with van der Waals surface area (Å²) in [6, 6.07) is 166. The topological polar surface area (TPSA) is 16.3 Å². The summed E-state index contributed by atoms with van der Waals surface area (Å²) in [5.41, 5.74) is 35.1. The van der Waals surface area contributed by atoms with Gasteiger partial charge < -0.3 is 18.9 Å². The van der Waals surface area contributed by atoms with E-state index in [2.05, 4.69) is 482 Å². The molecule has 0 N–H and O–H groups in total. The summed E-state index contributed by atoms with van der Waals surface area (Å²) in [6.07, 6.45) is 0. The van der Waals surface area contributed by atoms with E-state index in [0.717, 1.165) is 67.8 Å². The Kier molecular flexibility index (Phi) is 16.9. The predicted molar refractivity (Wildman–Crippen MR) is 513 cm³/mol. The molecule has 121 heavy (non-hydrogen) atoms. The van der Waals surface area contributed by atoms with Crippen LogP contribution in [0.5, 0.6) is 0 Å². The highest BCUT2D eigenvalue weighted by Crippen LogP contribution is 2.53. The van der Waals surface area contributed by atoms with Crippen LogP contribution in [0.15, 0.2) is 449 Å². The van der Waals surface area contributed by atoms with Gasteiger partial charge in [0.2, 0.25) is 0 Å². The van der Waals surface area contributed by atoms with Crippen LogP contribution in [0, 0.1) is 0 Å². The first-order chi connectivity index (χ1) is 59.7. The Balaban J connectivity index is 0.541. The van der Waals surface area contributed by atoms with E-state index in [1.165, 1.54) is 154 Å². The zero-order valence-corrected chi connectivity index (χ0v) is 67.0. The fourth-order valence-electron chi connectivity index (χ4n) is 19.4. The Labute approximate surface area is 703 Å². The molecule has 0 bridgehead atoms. The summed E-state index contributed by atoms with van der Waals surface area (Å²) in [7, 11) is 0. The summed E-state index contributed by atoms with van der Waals surface area (Å²) < 4.78 is 4.80. The molecule has 4 nitrogen and oxygen atoms in total. The normalized spacial score (nSPS) is 12.3. The molecule has 0 radical (unpaired) electrons. The molecular formula is C117H80N4. The molecule has 2 aromatic heterocycles. The molecule has 0 amide bonds. The summed E-state index contributed by atoms with van der Waals surface area (Å²) >= 11 is 0. The Bertz CT molecular complexity index is 7720. The van der Waals surface area contributed by atoms with Crippen molar-refractivity contribution in [3.63, 3.8) is 0 Å². The molecule has 0 saturated carbocycles. The molecular weight excluding hydrogens is 1460 g/mol. The second-order valence-electron chi connectivity index (χ2n) is 32.7. The van der Waals surface area contributed by atoms with Gasteiger partial charge in [-0.2, -0.15) is 0 Å². The third-order valence-electron chi connectivity index (χ3n) is 25.5. The van der Waals surface area contributed by atoms with Crippen LogP contribution < -0.4 is 9.80 Å². The summed E-state index contributed by atoms with van der Waals surface area (Å²) in [5.74, 6) is 0. The van der Waals surface area contributed by atoms with Gasteiger partial charge in [-0.15, -0.1) is 0 Å². The van der Waals surface area contributed by atoms with Gasteiger partial charge in [0.25, 0.3) is 0 Å². The molecule has 0 atom stereocenters. The minimum Gasteiger partial charge on any atom is -0.310 e. The summed E-state index contributed by atoms with van der Waals surface area (Å²) in [6.45, 7) is 4.80. The molecule has 568 valence electrons. The van der Waals surface area contributed by atoms with Gasteiger partial charge in [-0.3, -0.25) is 0 Å². The van der Waals surface area contributed by atoms with Crippen LogP contribution in [0.4, 0.5) is 34.1 Å². The van der Waals surface area contributed by atoms with E-state index in [4.69, 9.17) is 0 Å². The SMILES string of the molecule is CC1(C)c2cc(-c3ccc(-c4ccc(N(c5ccc(-c6ccc7c(c6)c6ccccc6n7-c6ccc(-c7ccccc7)cc6)cc5)c5ccc6c7ccccc7c7ccccc7c6c5)cc4)cc3)ccc2-c2ccc(N(c3ccc(-c4ccccc4)cc3)c3ccc(-c4ccc5c(c4)c4ccccc4n5-c4ccc(-c5ccccc5)cc4)cc3)cc21. The number of anilines is 6. The molecule has 2 heterocycles. The molecule has 22 aromatic rings. The van der Waals surface area contributed by atoms with E-state index in [0.29, 0.717) is 0 Å². The van der Waals surface area contributed by atoms with Crippen molar-refractivity contribution in [2.45, 2.75) is 19.3 Å². The van der Waals surface area contributed by atoms with Crippen molar-refractivity contribution >= 4 is 110 Å². The summed E-state index contributed by atoms with van der Waals surface area (Å²) in [4.78, 5) is 4.85. The number of rotatable bonds is 15. The predicted octanol–water partition coefficient (Wildman–Crippen LogP) is 32.3. The van der Waals surface area contributed by atoms with Crippen molar-refractivity contribution in [3.8, 4) is 100 Å². The van der Waals surface area contributed by atoms with Crippen LogP contribution in [0.25, 0.3) is 176 Å². The number of benzene rings is 20. The minimum absolute atomic E-state index is 0.292. The van der Waals surface area contributed by atoms with Crippen LogP contribution in [-0.4, -0.2) is 9.13 Å². The number of nitrogens with zero attached hydrogens (tertiary/aromatic N) is 4. The number of hydrogen-bond acceptors (Lipinski definition) is 2. The van der Waals surface area contributed by atoms with E-state index in [1.807, 2.05) is 0 Å². The molecule has 0 aliphatic heterocycles. The smallest absolute Gasteiger partial charge is 0.0541 e. The van der Waals surface area contributed by atoms with Gasteiger partial charge in [0.1, 0.15) is 0 Å². The third-order valence-corrected chi connectivity index (χ3v) is 25.5. The average Bonchev–Trinajstić information content (AvgIpc) is 1.63. The van der Waals surface area contributed by atoms with Crippen molar-refractivity contribution in [3.05, 3.63) is 460 Å². The zero-order chi connectivity index (χ0) is 80.2. The standard InChI is InChI=1S/C117H80N4/c1-117(2)111-74-90(50-67-104(111)105-69-66-98(76-112(105)117)119(93-53-38-81(39-54-93)77-20-6-3-7-21-77)94-59-48-87(49-60-94)89-52-71-116-110(73-89)107-31-17-19-33-114(107)121(116)96-63-44-83(45-64-96)79-24-10-5-11-25-79)85-36-34-80(35-37-85)84-40-55-91(56-41-84)118(97-65-68-103-101-28-13-12-26-99(101)100-27-14-15-29-102(100)108(103)75-97)92-57-46-86(47-58-92)88-51-70-115-109(72-88)106-30-16-18-32-113(106)120(115)95-61-42-82(43-62-95)78-22-8-4-9-23-78/h3-76H,1-2H3. The van der Waals surface area contributed by atoms with E-state index < -0.39 is 0 Å². The van der Waals surface area contributed by atoms with Crippen LogP contribution in [-0.2, 0) is 5.41 Å². The monoisotopic (exact) mass is 1540 g/mol. The third kappa shape index (κ3) is 12.2.